The monoisotopic (exact) mass is 536 g/mol. The fraction of sp³-hybridized carbons (Fsp3) is 0.615. The van der Waals surface area contributed by atoms with Crippen LogP contribution in [0.15, 0.2) is 23.7 Å². The van der Waals surface area contributed by atoms with Crippen molar-refractivity contribution in [3.63, 3.8) is 0 Å². The van der Waals surface area contributed by atoms with Gasteiger partial charge in [0.05, 0.1) is 53.0 Å². The Bertz CT molecular complexity index is 1140. The van der Waals surface area contributed by atoms with E-state index in [-0.39, 0.29) is 30.7 Å². The zero-order chi connectivity index (χ0) is 25.6. The second-order valence-electron chi connectivity index (χ2n) is 10.5. The van der Waals surface area contributed by atoms with Crippen LogP contribution in [-0.2, 0) is 39.8 Å². The maximum absolute atomic E-state index is 13.2. The number of rotatable bonds is 6. The number of fused-ring (bicyclic) bond motifs is 2. The predicted octanol–water partition coefficient (Wildman–Crippen LogP) is 3.18. The number of hydrogen-bond donors (Lipinski definition) is 1. The molecule has 2 aromatic rings. The van der Waals surface area contributed by atoms with E-state index in [1.54, 1.807) is 17.4 Å². The van der Waals surface area contributed by atoms with Crippen LogP contribution in [0.4, 0.5) is 13.2 Å². The van der Waals surface area contributed by atoms with E-state index in [9.17, 15) is 18.0 Å². The van der Waals surface area contributed by atoms with Crippen LogP contribution in [-0.4, -0.2) is 78.3 Å². The number of ether oxygens (including phenoxy) is 2. The Labute approximate surface area is 217 Å². The van der Waals surface area contributed by atoms with Crippen LogP contribution < -0.4 is 5.32 Å². The van der Waals surface area contributed by atoms with Crippen LogP contribution in [0, 0.1) is 0 Å². The Balaban J connectivity index is 1.10. The van der Waals surface area contributed by atoms with Crippen molar-refractivity contribution in [3.05, 3.63) is 51.0 Å². The van der Waals surface area contributed by atoms with Crippen LogP contribution in [0.5, 0.6) is 0 Å². The normalized spacial score (nSPS) is 28.4. The van der Waals surface area contributed by atoms with Gasteiger partial charge in [-0.25, -0.2) is 4.98 Å². The molecule has 1 amide bonds. The molecule has 37 heavy (non-hydrogen) atoms. The SMILES string of the molecule is O=C(CN1CCc2ccc(C(F)(F)F)cc2C1)NC1CN(C2CCOC2)C[C@@H]1OC1CCc2ncsc21. The van der Waals surface area contributed by atoms with Crippen molar-refractivity contribution in [2.45, 2.75) is 62.7 Å². The standard InChI is InChI=1S/C26H31F3N4O3S/c27-26(28,29)18-2-1-16-5-7-32(10-17(16)9-18)13-24(34)31-21-11-33(19-6-8-35-14-19)12-23(21)36-22-4-3-20-25(22)37-15-30-20/h1-2,9,15,19,21-23H,3-8,10-14H2,(H,31,34)/t19?,21?,22?,23-/m0/s1. The van der Waals surface area contributed by atoms with Gasteiger partial charge < -0.3 is 14.8 Å². The minimum absolute atomic E-state index is 0.00750. The summed E-state index contributed by atoms with van der Waals surface area (Å²) in [6.07, 6.45) is -1.08. The second-order valence-corrected chi connectivity index (χ2v) is 11.3. The average Bonchev–Trinajstić information content (AvgIpc) is 3.65. The van der Waals surface area contributed by atoms with E-state index in [4.69, 9.17) is 9.47 Å². The van der Waals surface area contributed by atoms with Crippen molar-refractivity contribution in [2.24, 2.45) is 0 Å². The van der Waals surface area contributed by atoms with Crippen molar-refractivity contribution >= 4 is 17.2 Å². The first kappa shape index (κ1) is 25.2. The van der Waals surface area contributed by atoms with Gasteiger partial charge >= 0.3 is 6.18 Å². The van der Waals surface area contributed by atoms with E-state index < -0.39 is 11.7 Å². The summed E-state index contributed by atoms with van der Waals surface area (Å²) in [5.41, 5.74) is 3.90. The molecule has 11 heteroatoms. The zero-order valence-corrected chi connectivity index (χ0v) is 21.3. The molecule has 1 aromatic heterocycles. The fourth-order valence-corrected chi connectivity index (χ4v) is 6.95. The Morgan fingerprint density at radius 2 is 2.11 bits per heavy atom. The number of carbonyl (C=O) groups is 1. The van der Waals surface area contributed by atoms with Gasteiger partial charge in [-0.3, -0.25) is 14.6 Å². The van der Waals surface area contributed by atoms with Gasteiger partial charge in [0.15, 0.2) is 0 Å². The molecule has 0 radical (unpaired) electrons. The Morgan fingerprint density at radius 1 is 1.22 bits per heavy atom. The highest BCUT2D eigenvalue weighted by molar-refractivity contribution is 7.09. The first-order chi connectivity index (χ1) is 17.8. The lowest BCUT2D eigenvalue weighted by Crippen LogP contribution is -2.48. The topological polar surface area (TPSA) is 66.9 Å². The van der Waals surface area contributed by atoms with Gasteiger partial charge in [-0.15, -0.1) is 11.3 Å². The van der Waals surface area contributed by atoms with Crippen molar-refractivity contribution in [3.8, 4) is 0 Å². The van der Waals surface area contributed by atoms with Crippen LogP contribution >= 0.6 is 11.3 Å². The number of nitrogens with zero attached hydrogens (tertiary/aromatic N) is 3. The molecule has 1 aromatic carbocycles. The van der Waals surface area contributed by atoms with Crippen LogP contribution in [0.25, 0.3) is 0 Å². The molecular weight excluding hydrogens is 505 g/mol. The molecule has 2 fully saturated rings. The second kappa shape index (κ2) is 10.3. The summed E-state index contributed by atoms with van der Waals surface area (Å²) in [7, 11) is 0. The molecule has 2 saturated heterocycles. The molecule has 0 saturated carbocycles. The van der Waals surface area contributed by atoms with E-state index in [2.05, 4.69) is 15.2 Å². The van der Waals surface area contributed by atoms with Crippen molar-refractivity contribution in [1.29, 1.82) is 0 Å². The fourth-order valence-electron chi connectivity index (χ4n) is 6.04. The number of likely N-dealkylation sites (tertiary alicyclic amines) is 1. The zero-order valence-electron chi connectivity index (χ0n) is 20.5. The molecular formula is C26H31F3N4O3S. The van der Waals surface area contributed by atoms with E-state index in [1.165, 1.54) is 10.9 Å². The van der Waals surface area contributed by atoms with Crippen LogP contribution in [0.1, 0.15) is 46.2 Å². The van der Waals surface area contributed by atoms with E-state index >= 15 is 0 Å². The summed E-state index contributed by atoms with van der Waals surface area (Å²) < 4.78 is 51.7. The van der Waals surface area contributed by atoms with Gasteiger partial charge in [-0.2, -0.15) is 13.2 Å². The Kier molecular flexibility index (Phi) is 7.00. The molecule has 3 unspecified atom stereocenters. The molecule has 1 aliphatic carbocycles. The van der Waals surface area contributed by atoms with Crippen LogP contribution in [0.3, 0.4) is 0 Å². The van der Waals surface area contributed by atoms with Crippen LogP contribution in [0.2, 0.25) is 0 Å². The number of hydrogen-bond acceptors (Lipinski definition) is 7. The van der Waals surface area contributed by atoms with Crippen molar-refractivity contribution in [1.82, 2.24) is 20.1 Å². The van der Waals surface area contributed by atoms with Crippen molar-refractivity contribution in [2.75, 3.05) is 39.4 Å². The maximum Gasteiger partial charge on any atom is 0.416 e. The van der Waals surface area contributed by atoms with E-state index in [0.29, 0.717) is 44.3 Å². The summed E-state index contributed by atoms with van der Waals surface area (Å²) in [5, 5.41) is 3.20. The number of thiazole rings is 1. The molecule has 1 N–H and O–H groups in total. The number of halogens is 3. The quantitative estimate of drug-likeness (QED) is 0.612. The number of amides is 1. The first-order valence-electron chi connectivity index (χ1n) is 12.9. The third-order valence-corrected chi connectivity index (χ3v) is 8.97. The van der Waals surface area contributed by atoms with Gasteiger partial charge in [0.1, 0.15) is 0 Å². The lowest BCUT2D eigenvalue weighted by molar-refractivity contribution is -0.137. The summed E-state index contributed by atoms with van der Waals surface area (Å²) in [6, 6.07) is 4.10. The number of aryl methyl sites for hydroxylation is 1. The number of aromatic nitrogens is 1. The number of nitrogens with one attached hydrogen (secondary N) is 1. The third-order valence-electron chi connectivity index (χ3n) is 8.00. The van der Waals surface area contributed by atoms with Gasteiger partial charge in [0.2, 0.25) is 5.91 Å². The maximum atomic E-state index is 13.2. The van der Waals surface area contributed by atoms with Gasteiger partial charge in [-0.05, 0) is 48.9 Å². The highest BCUT2D eigenvalue weighted by atomic mass is 32.1. The predicted molar refractivity (Wildman–Crippen MR) is 131 cm³/mol. The molecule has 3 aliphatic heterocycles. The number of alkyl halides is 3. The minimum atomic E-state index is -4.37. The van der Waals surface area contributed by atoms with Gasteiger partial charge in [-0.1, -0.05) is 6.07 Å². The van der Waals surface area contributed by atoms with E-state index in [1.807, 2.05) is 10.4 Å². The van der Waals surface area contributed by atoms with Gasteiger partial charge in [0, 0.05) is 38.8 Å². The molecule has 4 aliphatic rings. The third kappa shape index (κ3) is 5.42. The molecule has 0 bridgehead atoms. The van der Waals surface area contributed by atoms with E-state index in [0.717, 1.165) is 49.7 Å². The molecule has 7 nitrogen and oxygen atoms in total. The van der Waals surface area contributed by atoms with Crippen molar-refractivity contribution < 1.29 is 27.4 Å². The van der Waals surface area contributed by atoms with Gasteiger partial charge in [0.25, 0.3) is 0 Å². The smallest absolute Gasteiger partial charge is 0.380 e. The Morgan fingerprint density at radius 3 is 2.92 bits per heavy atom. The molecule has 200 valence electrons. The molecule has 0 spiro atoms. The first-order valence-corrected chi connectivity index (χ1v) is 13.8. The number of carbonyl (C=O) groups excluding carboxylic acids is 1. The average molecular weight is 537 g/mol. The lowest BCUT2D eigenvalue weighted by Gasteiger charge is -2.30. The largest absolute Gasteiger partial charge is 0.416 e. The molecule has 6 rings (SSSR count). The summed E-state index contributed by atoms with van der Waals surface area (Å²) in [4.78, 5) is 23.1. The lowest BCUT2D eigenvalue weighted by atomic mass is 9.97. The Hall–Kier alpha value is -2.05. The summed E-state index contributed by atoms with van der Waals surface area (Å²) in [6.45, 7) is 4.00. The number of benzene rings is 1. The summed E-state index contributed by atoms with van der Waals surface area (Å²) >= 11 is 1.63. The molecule has 4 atom stereocenters. The summed E-state index contributed by atoms with van der Waals surface area (Å²) in [5.74, 6) is -0.122. The molecule has 4 heterocycles. The highest BCUT2D eigenvalue weighted by Crippen LogP contribution is 2.38. The highest BCUT2D eigenvalue weighted by Gasteiger charge is 2.41. The minimum Gasteiger partial charge on any atom is -0.380 e.